The molecular weight excluding hydrogens is 983 g/mol. The minimum Gasteiger partial charge on any atom is -0.454 e. The van der Waals surface area contributed by atoms with E-state index in [1.165, 1.54) is 11.1 Å². The second kappa shape index (κ2) is 18.4. The molecule has 0 N–H and O–H groups in total. The summed E-state index contributed by atoms with van der Waals surface area (Å²) in [6.07, 6.45) is 0. The second-order valence-electron chi connectivity index (χ2n) is 23.5. The maximum absolute atomic E-state index is 17.1. The van der Waals surface area contributed by atoms with Crippen LogP contribution in [0.5, 0.6) is 0 Å². The molecule has 12 aromatic rings. The van der Waals surface area contributed by atoms with Crippen molar-refractivity contribution in [2.45, 2.75) is 57.8 Å². The van der Waals surface area contributed by atoms with Crippen LogP contribution in [0.15, 0.2) is 247 Å². The number of hydrogen-bond donors (Lipinski definition) is 0. The molecule has 2 aliphatic rings. The largest absolute Gasteiger partial charge is 0.454 e. The van der Waals surface area contributed by atoms with Crippen LogP contribution in [-0.4, -0.2) is 0 Å². The van der Waals surface area contributed by atoms with Gasteiger partial charge in [0.2, 0.25) is 0 Å². The molecule has 0 bridgehead atoms. The molecule has 5 heteroatoms. The van der Waals surface area contributed by atoms with E-state index in [4.69, 9.17) is 4.42 Å². The van der Waals surface area contributed by atoms with Gasteiger partial charge in [0.25, 0.3) is 0 Å². The molecule has 11 aromatic carbocycles. The monoisotopic (exact) mass is 1040 g/mol. The molecule has 0 radical (unpaired) electrons. The minimum atomic E-state index is -0.858. The van der Waals surface area contributed by atoms with Crippen molar-refractivity contribution in [2.75, 3.05) is 9.80 Å². The van der Waals surface area contributed by atoms with Crippen LogP contribution < -0.4 is 9.80 Å². The predicted molar refractivity (Wildman–Crippen MR) is 328 cm³/mol. The highest BCUT2D eigenvalue weighted by molar-refractivity contribution is 6.20. The number of halogens is 2. The molecule has 2 aliphatic carbocycles. The van der Waals surface area contributed by atoms with Gasteiger partial charge in [0.15, 0.2) is 5.58 Å². The maximum atomic E-state index is 17.1. The van der Waals surface area contributed by atoms with Gasteiger partial charge < -0.3 is 14.2 Å². The molecule has 0 fully saturated rings. The van der Waals surface area contributed by atoms with Crippen LogP contribution in [0.1, 0.15) is 74.9 Å². The van der Waals surface area contributed by atoms with Gasteiger partial charge in [-0.3, -0.25) is 0 Å². The highest BCUT2D eigenvalue weighted by Crippen LogP contribution is 2.66. The summed E-state index contributed by atoms with van der Waals surface area (Å²) < 4.78 is 41.1. The van der Waals surface area contributed by atoms with Crippen molar-refractivity contribution in [3.8, 4) is 44.5 Å². The molecule has 1 aromatic heterocycles. The van der Waals surface area contributed by atoms with E-state index in [0.29, 0.717) is 28.1 Å². The van der Waals surface area contributed by atoms with Crippen LogP contribution >= 0.6 is 0 Å². The van der Waals surface area contributed by atoms with Crippen molar-refractivity contribution < 1.29 is 13.2 Å². The van der Waals surface area contributed by atoms with Gasteiger partial charge in [-0.25, -0.2) is 8.78 Å². The van der Waals surface area contributed by atoms with E-state index < -0.39 is 5.41 Å². The van der Waals surface area contributed by atoms with Gasteiger partial charge in [-0.15, -0.1) is 0 Å². The van der Waals surface area contributed by atoms with Gasteiger partial charge >= 0.3 is 0 Å². The summed E-state index contributed by atoms with van der Waals surface area (Å²) in [5.74, 6) is -0.628. The van der Waals surface area contributed by atoms with E-state index in [9.17, 15) is 0 Å². The van der Waals surface area contributed by atoms with Crippen molar-refractivity contribution in [2.24, 2.45) is 0 Å². The highest BCUT2D eigenvalue weighted by atomic mass is 19.1. The molecule has 0 unspecified atom stereocenters. The number of nitrogens with zero attached hydrogens (tertiary/aromatic N) is 2. The Bertz CT molecular complexity index is 4350. The van der Waals surface area contributed by atoms with Crippen LogP contribution in [-0.2, 0) is 16.2 Å². The van der Waals surface area contributed by atoms with Crippen LogP contribution in [0, 0.1) is 11.6 Å². The first-order valence-electron chi connectivity index (χ1n) is 27.6. The highest BCUT2D eigenvalue weighted by Gasteiger charge is 2.53. The van der Waals surface area contributed by atoms with Crippen LogP contribution in [0.2, 0.25) is 0 Å². The lowest BCUT2D eigenvalue weighted by Crippen LogP contribution is -2.26. The molecule has 80 heavy (non-hydrogen) atoms. The summed E-state index contributed by atoms with van der Waals surface area (Å²) in [6.45, 7) is 13.3. The standard InChI is InChI=1S/C75H58F2N2O/c1-73(2,3)49-29-33-51(34-30-49)78(54-37-40-56(66(76)44-54)47-19-9-7-10-20-47)53-39-42-60-64(43-53)75(62-26-16-13-23-58(62)59-24-14-17-27-63(59)75)65-46-68(72-71(70(60)65)61-25-15-18-28-69(61)80-72)79(52-35-31-50(32-36-52)74(4,5)6)55-38-41-57(67(77)45-55)48-21-11-8-12-22-48/h7-46H,1-6H3. The third kappa shape index (κ3) is 7.66. The van der Waals surface area contributed by atoms with E-state index in [2.05, 4.69) is 185 Å². The SMILES string of the molecule is CC(C)(C)c1ccc(N(c2ccc(-c3ccccc3)c(F)c2)c2ccc3c(c2)C2(c4ccccc4-c4ccccc42)c2cc(N(c4ccc(C(C)(C)C)cc4)c4ccc(-c5ccccc5)c(F)c4)c4oc5ccccc5c4c2-3)cc1. The Morgan fingerprint density at radius 2 is 0.800 bits per heavy atom. The maximum Gasteiger partial charge on any atom is 0.160 e. The Hall–Kier alpha value is -9.32. The van der Waals surface area contributed by atoms with E-state index in [-0.39, 0.29) is 22.5 Å². The number of benzene rings is 11. The van der Waals surface area contributed by atoms with Gasteiger partial charge in [0.05, 0.1) is 11.1 Å². The fourth-order valence-electron chi connectivity index (χ4n) is 12.9. The summed E-state index contributed by atoms with van der Waals surface area (Å²) in [5.41, 5.74) is 19.3. The number of hydrogen-bond acceptors (Lipinski definition) is 3. The third-order valence-corrected chi connectivity index (χ3v) is 16.7. The molecule has 388 valence electrons. The van der Waals surface area contributed by atoms with Gasteiger partial charge in [0, 0.05) is 50.3 Å². The zero-order chi connectivity index (χ0) is 54.7. The number of para-hydroxylation sites is 1. The summed E-state index contributed by atoms with van der Waals surface area (Å²) in [6, 6.07) is 83.1. The lowest BCUT2D eigenvalue weighted by Gasteiger charge is -2.33. The molecule has 14 rings (SSSR count). The predicted octanol–water partition coefficient (Wildman–Crippen LogP) is 21.1. The van der Waals surface area contributed by atoms with Crippen LogP contribution in [0.25, 0.3) is 66.4 Å². The van der Waals surface area contributed by atoms with Crippen molar-refractivity contribution in [1.82, 2.24) is 0 Å². The van der Waals surface area contributed by atoms with E-state index in [1.54, 1.807) is 12.1 Å². The quantitative estimate of drug-likeness (QED) is 0.151. The van der Waals surface area contributed by atoms with Crippen molar-refractivity contribution in [1.29, 1.82) is 0 Å². The average Bonchev–Trinajstić information content (AvgIpc) is 4.28. The van der Waals surface area contributed by atoms with E-state index in [1.807, 2.05) is 97.1 Å². The minimum absolute atomic E-state index is 0.0749. The normalized spacial score (nSPS) is 13.1. The molecule has 3 nitrogen and oxygen atoms in total. The number of anilines is 6. The van der Waals surface area contributed by atoms with Gasteiger partial charge in [0.1, 0.15) is 17.2 Å². The Kier molecular flexibility index (Phi) is 11.3. The van der Waals surface area contributed by atoms with Crippen molar-refractivity contribution >= 4 is 56.1 Å². The molecule has 0 saturated carbocycles. The first-order valence-corrected chi connectivity index (χ1v) is 27.6. The molecule has 0 saturated heterocycles. The summed E-state index contributed by atoms with van der Waals surface area (Å²) in [7, 11) is 0. The van der Waals surface area contributed by atoms with E-state index in [0.717, 1.165) is 94.7 Å². The molecule has 1 heterocycles. The van der Waals surface area contributed by atoms with Crippen molar-refractivity contribution in [3.05, 3.63) is 288 Å². The smallest absolute Gasteiger partial charge is 0.160 e. The van der Waals surface area contributed by atoms with Crippen LogP contribution in [0.4, 0.5) is 42.9 Å². The number of furan rings is 1. The van der Waals surface area contributed by atoms with E-state index >= 15 is 8.78 Å². The molecule has 0 aliphatic heterocycles. The third-order valence-electron chi connectivity index (χ3n) is 16.7. The number of fused-ring (bicyclic) bond motifs is 14. The Morgan fingerprint density at radius 3 is 1.32 bits per heavy atom. The average molecular weight is 1040 g/mol. The summed E-state index contributed by atoms with van der Waals surface area (Å²) >= 11 is 0. The fraction of sp³-hybridized carbons (Fsp3) is 0.120. The topological polar surface area (TPSA) is 19.6 Å². The summed E-state index contributed by atoms with van der Waals surface area (Å²) in [5, 5.41) is 1.96. The lowest BCUT2D eigenvalue weighted by molar-refractivity contribution is 0.590. The summed E-state index contributed by atoms with van der Waals surface area (Å²) in [4.78, 5) is 4.37. The van der Waals surface area contributed by atoms with Gasteiger partial charge in [-0.1, -0.05) is 199 Å². The first-order chi connectivity index (χ1) is 38.8. The fourth-order valence-corrected chi connectivity index (χ4v) is 12.9. The van der Waals surface area contributed by atoms with Crippen molar-refractivity contribution in [3.63, 3.8) is 0 Å². The molecular formula is C75H58F2N2O. The Morgan fingerprint density at radius 1 is 0.362 bits per heavy atom. The Labute approximate surface area is 466 Å². The van der Waals surface area contributed by atoms with Crippen LogP contribution in [0.3, 0.4) is 0 Å². The first kappa shape index (κ1) is 49.0. The van der Waals surface area contributed by atoms with Gasteiger partial charge in [-0.05, 0) is 163 Å². The molecule has 1 spiro atoms. The molecule has 0 atom stereocenters. The lowest BCUT2D eigenvalue weighted by atomic mass is 9.70. The zero-order valence-electron chi connectivity index (χ0n) is 45.7. The second-order valence-corrected chi connectivity index (χ2v) is 23.5. The molecule has 0 amide bonds. The number of rotatable bonds is 8. The zero-order valence-corrected chi connectivity index (χ0v) is 45.7. The Balaban J connectivity index is 1.07. The van der Waals surface area contributed by atoms with Gasteiger partial charge in [-0.2, -0.15) is 0 Å².